The average molecular weight is 324 g/mol. The second kappa shape index (κ2) is 5.92. The van der Waals surface area contributed by atoms with Gasteiger partial charge in [-0.2, -0.15) is 30.7 Å². The number of aldehydes is 1. The first-order valence-corrected chi connectivity index (χ1v) is 6.14. The largest absolute Gasteiger partial charge is 0.460 e. The summed E-state index contributed by atoms with van der Waals surface area (Å²) in [5.41, 5.74) is -1.30. The van der Waals surface area contributed by atoms with Crippen molar-refractivity contribution in [3.8, 4) is 0 Å². The Morgan fingerprint density at radius 3 is 1.76 bits per heavy atom. The van der Waals surface area contributed by atoms with Gasteiger partial charge < -0.3 is 0 Å². The lowest BCUT2D eigenvalue weighted by Gasteiger charge is -2.29. The van der Waals surface area contributed by atoms with Gasteiger partial charge in [-0.25, -0.2) is 4.39 Å². The van der Waals surface area contributed by atoms with Gasteiger partial charge in [0.25, 0.3) is 0 Å². The molecule has 1 aliphatic carbocycles. The normalized spacial score (nSPS) is 20.2. The summed E-state index contributed by atoms with van der Waals surface area (Å²) >= 11 is 0. The van der Waals surface area contributed by atoms with Crippen LogP contribution in [0.1, 0.15) is 32.1 Å². The number of alkyl halides is 7. The molecule has 0 radical (unpaired) electrons. The van der Waals surface area contributed by atoms with Crippen LogP contribution >= 0.6 is 0 Å². The molecule has 0 aliphatic heterocycles. The first-order chi connectivity index (χ1) is 9.46. The molecule has 1 nitrogen and oxygen atoms in total. The zero-order valence-electron chi connectivity index (χ0n) is 10.6. The molecule has 1 saturated carbocycles. The van der Waals surface area contributed by atoms with Gasteiger partial charge in [-0.15, -0.1) is 0 Å². The lowest BCUT2D eigenvalue weighted by atomic mass is 9.83. The van der Waals surface area contributed by atoms with E-state index in [9.17, 15) is 39.9 Å². The van der Waals surface area contributed by atoms with Crippen molar-refractivity contribution < 1.29 is 39.9 Å². The highest BCUT2D eigenvalue weighted by molar-refractivity contribution is 5.75. The average Bonchev–Trinajstić information content (AvgIpc) is 2.39. The predicted octanol–water partition coefficient (Wildman–Crippen LogP) is 4.82. The molecule has 0 unspecified atom stereocenters. The monoisotopic (exact) mass is 324 g/mol. The van der Waals surface area contributed by atoms with Crippen molar-refractivity contribution in [3.63, 3.8) is 0 Å². The van der Waals surface area contributed by atoms with E-state index in [-0.39, 0.29) is 12.8 Å². The van der Waals surface area contributed by atoms with Crippen molar-refractivity contribution in [3.05, 3.63) is 11.4 Å². The Kier molecular flexibility index (Phi) is 5.05. The van der Waals surface area contributed by atoms with Crippen molar-refractivity contribution in [2.24, 2.45) is 5.92 Å². The molecule has 0 N–H and O–H groups in total. The van der Waals surface area contributed by atoms with Crippen LogP contribution in [0, 0.1) is 5.92 Å². The second-order valence-corrected chi connectivity index (χ2v) is 4.87. The van der Waals surface area contributed by atoms with Crippen LogP contribution in [0.2, 0.25) is 0 Å². The fourth-order valence-electron chi connectivity index (χ4n) is 2.24. The van der Waals surface area contributed by atoms with Crippen LogP contribution in [0.25, 0.3) is 0 Å². The minimum absolute atomic E-state index is 0.0924. The van der Waals surface area contributed by atoms with E-state index in [0.29, 0.717) is 19.3 Å². The molecule has 1 aliphatic rings. The Balaban J connectivity index is 3.25. The van der Waals surface area contributed by atoms with Gasteiger partial charge in [0.1, 0.15) is 6.29 Å². The molecule has 0 spiro atoms. The molecule has 0 amide bonds. The van der Waals surface area contributed by atoms with Crippen LogP contribution in [0.15, 0.2) is 11.4 Å². The first kappa shape index (κ1) is 17.9. The van der Waals surface area contributed by atoms with Crippen LogP contribution in [0.4, 0.5) is 35.1 Å². The summed E-state index contributed by atoms with van der Waals surface area (Å²) < 4.78 is 102. The SMILES string of the molecule is O=CC(=C(F)C(F)(F)C(F)(F)C(F)(F)F)C1CCCCC1. The molecule has 1 fully saturated rings. The fourth-order valence-corrected chi connectivity index (χ4v) is 2.24. The molecule has 0 aromatic rings. The number of rotatable bonds is 4. The second-order valence-electron chi connectivity index (χ2n) is 4.87. The van der Waals surface area contributed by atoms with E-state index < -0.39 is 41.6 Å². The van der Waals surface area contributed by atoms with E-state index in [1.54, 1.807) is 0 Å². The topological polar surface area (TPSA) is 17.1 Å². The molecule has 21 heavy (non-hydrogen) atoms. The lowest BCUT2D eigenvalue weighted by molar-refractivity contribution is -0.347. The van der Waals surface area contributed by atoms with E-state index in [0.717, 1.165) is 0 Å². The van der Waals surface area contributed by atoms with Crippen molar-refractivity contribution >= 4 is 6.29 Å². The summed E-state index contributed by atoms with van der Waals surface area (Å²) in [4.78, 5) is 10.7. The van der Waals surface area contributed by atoms with Crippen LogP contribution < -0.4 is 0 Å². The summed E-state index contributed by atoms with van der Waals surface area (Å²) in [5.74, 6) is -16.8. The smallest absolute Gasteiger partial charge is 0.298 e. The third kappa shape index (κ3) is 3.21. The van der Waals surface area contributed by atoms with Crippen LogP contribution in [-0.4, -0.2) is 24.3 Å². The van der Waals surface area contributed by atoms with Gasteiger partial charge in [-0.05, 0) is 18.8 Å². The minimum Gasteiger partial charge on any atom is -0.298 e. The van der Waals surface area contributed by atoms with Crippen LogP contribution in [0.3, 0.4) is 0 Å². The highest BCUT2D eigenvalue weighted by Gasteiger charge is 2.75. The highest BCUT2D eigenvalue weighted by atomic mass is 19.4. The third-order valence-corrected chi connectivity index (χ3v) is 3.45. The standard InChI is InChI=1S/C12H12F8O/c13-9(8(6-21)7-4-2-1-3-5-7)10(14,15)11(16,17)12(18,19)20/h6-7H,1-5H2. The fraction of sp³-hybridized carbons (Fsp3) is 0.750. The van der Waals surface area contributed by atoms with Gasteiger partial charge in [-0.3, -0.25) is 4.79 Å². The summed E-state index contributed by atoms with van der Waals surface area (Å²) in [6.07, 6.45) is -5.24. The third-order valence-electron chi connectivity index (χ3n) is 3.45. The molecule has 0 bridgehead atoms. The minimum atomic E-state index is -6.63. The van der Waals surface area contributed by atoms with Crippen molar-refractivity contribution in [1.82, 2.24) is 0 Å². The Morgan fingerprint density at radius 2 is 1.38 bits per heavy atom. The molecule has 0 saturated heterocycles. The Hall–Kier alpha value is -1.15. The zero-order valence-corrected chi connectivity index (χ0v) is 10.6. The molecule has 0 aromatic heterocycles. The summed E-state index contributed by atoms with van der Waals surface area (Å²) in [5, 5.41) is 0. The predicted molar refractivity (Wildman–Crippen MR) is 56.7 cm³/mol. The maximum absolute atomic E-state index is 13.6. The molecule has 0 atom stereocenters. The molecule has 0 aromatic carbocycles. The van der Waals surface area contributed by atoms with E-state index in [1.807, 2.05) is 0 Å². The maximum atomic E-state index is 13.6. The molecule has 122 valence electrons. The molecule has 1 rings (SSSR count). The van der Waals surface area contributed by atoms with E-state index >= 15 is 0 Å². The van der Waals surface area contributed by atoms with Crippen LogP contribution in [-0.2, 0) is 4.79 Å². The van der Waals surface area contributed by atoms with E-state index in [4.69, 9.17) is 0 Å². The highest BCUT2D eigenvalue weighted by Crippen LogP contribution is 2.51. The number of carbonyl (C=O) groups excluding carboxylic acids is 1. The van der Waals surface area contributed by atoms with Crippen LogP contribution in [0.5, 0.6) is 0 Å². The summed E-state index contributed by atoms with van der Waals surface area (Å²) in [6, 6.07) is 0. The van der Waals surface area contributed by atoms with Gasteiger partial charge >= 0.3 is 18.0 Å². The maximum Gasteiger partial charge on any atom is 0.460 e. The number of halogens is 8. The van der Waals surface area contributed by atoms with Gasteiger partial charge in [0.05, 0.1) is 0 Å². The quantitative estimate of drug-likeness (QED) is 0.411. The molecular formula is C12H12F8O. The summed E-state index contributed by atoms with van der Waals surface area (Å²) in [7, 11) is 0. The Morgan fingerprint density at radius 1 is 0.905 bits per heavy atom. The van der Waals surface area contributed by atoms with E-state index in [2.05, 4.69) is 0 Å². The van der Waals surface area contributed by atoms with Gasteiger partial charge in [0, 0.05) is 5.57 Å². The Bertz CT molecular complexity index is 417. The van der Waals surface area contributed by atoms with Crippen molar-refractivity contribution in [1.29, 1.82) is 0 Å². The first-order valence-electron chi connectivity index (χ1n) is 6.14. The number of hydrogen-bond donors (Lipinski definition) is 0. The lowest BCUT2D eigenvalue weighted by Crippen LogP contribution is -2.52. The Labute approximate surface area is 115 Å². The van der Waals surface area contributed by atoms with Gasteiger partial charge in [0.15, 0.2) is 5.83 Å². The zero-order chi connectivity index (χ0) is 16.5. The molecule has 0 heterocycles. The van der Waals surface area contributed by atoms with Gasteiger partial charge in [0.2, 0.25) is 0 Å². The number of allylic oxidation sites excluding steroid dienone is 2. The summed E-state index contributed by atoms with van der Waals surface area (Å²) in [6.45, 7) is 0. The number of hydrogen-bond acceptors (Lipinski definition) is 1. The van der Waals surface area contributed by atoms with E-state index in [1.165, 1.54) is 0 Å². The molecular weight excluding hydrogens is 312 g/mol. The van der Waals surface area contributed by atoms with Gasteiger partial charge in [-0.1, -0.05) is 19.3 Å². The number of carbonyl (C=O) groups is 1. The van der Waals surface area contributed by atoms with Crippen molar-refractivity contribution in [2.45, 2.75) is 50.1 Å². The van der Waals surface area contributed by atoms with Crippen molar-refractivity contribution in [2.75, 3.05) is 0 Å². The molecule has 9 heteroatoms.